The second-order valence-electron chi connectivity index (χ2n) is 7.74. The number of imidazole rings is 1. The van der Waals surface area contributed by atoms with Crippen LogP contribution in [0.2, 0.25) is 0 Å². The van der Waals surface area contributed by atoms with Crippen LogP contribution in [0, 0.1) is 6.92 Å². The second kappa shape index (κ2) is 6.87. The van der Waals surface area contributed by atoms with Gasteiger partial charge in [0, 0.05) is 37.6 Å². The van der Waals surface area contributed by atoms with Crippen molar-refractivity contribution in [1.29, 1.82) is 0 Å². The SMILES string of the molecule is Cc1c(-c2nnc(C(=O)N3CCc4[nH]cnc4[C@@H]3c3cc4ccccn4n3)o2)cnn1C. The Bertz CT molecular complexity index is 1420. The fourth-order valence-electron chi connectivity index (χ4n) is 4.14. The van der Waals surface area contributed by atoms with Crippen molar-refractivity contribution in [3.8, 4) is 11.5 Å². The van der Waals surface area contributed by atoms with E-state index in [9.17, 15) is 4.79 Å². The Hall–Kier alpha value is -4.28. The van der Waals surface area contributed by atoms with Crippen LogP contribution in [0.3, 0.4) is 0 Å². The Morgan fingerprint density at radius 2 is 2.19 bits per heavy atom. The van der Waals surface area contributed by atoms with Gasteiger partial charge in [0.05, 0.1) is 35.0 Å². The molecule has 0 aromatic carbocycles. The maximum absolute atomic E-state index is 13.5. The Morgan fingerprint density at radius 1 is 1.28 bits per heavy atom. The van der Waals surface area contributed by atoms with Crippen LogP contribution < -0.4 is 0 Å². The molecule has 6 heterocycles. The van der Waals surface area contributed by atoms with Gasteiger partial charge >= 0.3 is 11.8 Å². The Labute approximate surface area is 181 Å². The lowest BCUT2D eigenvalue weighted by Crippen LogP contribution is -2.41. The van der Waals surface area contributed by atoms with Gasteiger partial charge in [0.25, 0.3) is 5.89 Å². The van der Waals surface area contributed by atoms with Gasteiger partial charge in [-0.15, -0.1) is 10.2 Å². The Morgan fingerprint density at radius 3 is 3.00 bits per heavy atom. The summed E-state index contributed by atoms with van der Waals surface area (Å²) in [6.45, 7) is 2.37. The van der Waals surface area contributed by atoms with Gasteiger partial charge in [-0.2, -0.15) is 10.2 Å². The number of nitrogens with one attached hydrogen (secondary N) is 1. The second-order valence-corrected chi connectivity index (χ2v) is 7.74. The Kier molecular flexibility index (Phi) is 3.97. The van der Waals surface area contributed by atoms with Crippen molar-refractivity contribution in [2.75, 3.05) is 6.54 Å². The van der Waals surface area contributed by atoms with Crippen LogP contribution in [0.4, 0.5) is 0 Å². The van der Waals surface area contributed by atoms with Crippen molar-refractivity contribution in [2.45, 2.75) is 19.4 Å². The summed E-state index contributed by atoms with van der Waals surface area (Å²) in [5.74, 6) is -0.169. The zero-order valence-corrected chi connectivity index (χ0v) is 17.4. The number of amides is 1. The van der Waals surface area contributed by atoms with Crippen molar-refractivity contribution >= 4 is 11.4 Å². The molecule has 160 valence electrons. The quantitative estimate of drug-likeness (QED) is 0.465. The van der Waals surface area contributed by atoms with E-state index in [0.29, 0.717) is 18.5 Å². The van der Waals surface area contributed by atoms with Gasteiger partial charge in [0.2, 0.25) is 0 Å². The molecule has 11 heteroatoms. The summed E-state index contributed by atoms with van der Waals surface area (Å²) in [6.07, 6.45) is 5.82. The summed E-state index contributed by atoms with van der Waals surface area (Å²) in [7, 11) is 1.83. The fourth-order valence-corrected chi connectivity index (χ4v) is 4.14. The third kappa shape index (κ3) is 2.74. The van der Waals surface area contributed by atoms with Gasteiger partial charge in [0.1, 0.15) is 6.04 Å². The smallest absolute Gasteiger partial charge is 0.312 e. The molecule has 1 amide bonds. The summed E-state index contributed by atoms with van der Waals surface area (Å²) in [5, 5.41) is 17.0. The summed E-state index contributed by atoms with van der Waals surface area (Å²) in [5.41, 5.74) is 4.99. The monoisotopic (exact) mass is 429 g/mol. The van der Waals surface area contributed by atoms with Crippen LogP contribution in [-0.2, 0) is 13.5 Å². The predicted octanol–water partition coefficient (Wildman–Crippen LogP) is 1.94. The molecule has 0 saturated heterocycles. The van der Waals surface area contributed by atoms with Crippen molar-refractivity contribution < 1.29 is 9.21 Å². The lowest BCUT2D eigenvalue weighted by Gasteiger charge is -2.32. The van der Waals surface area contributed by atoms with Gasteiger partial charge in [-0.25, -0.2) is 9.50 Å². The minimum atomic E-state index is -0.465. The number of H-pyrrole nitrogens is 1. The summed E-state index contributed by atoms with van der Waals surface area (Å²) in [4.78, 5) is 22.9. The fraction of sp³-hybridized carbons (Fsp3) is 0.238. The van der Waals surface area contributed by atoms with Crippen LogP contribution in [0.15, 0.2) is 47.4 Å². The molecule has 0 saturated carbocycles. The first-order valence-electron chi connectivity index (χ1n) is 10.2. The van der Waals surface area contributed by atoms with Gasteiger partial charge in [-0.05, 0) is 25.1 Å². The van der Waals surface area contributed by atoms with Gasteiger partial charge in [-0.3, -0.25) is 9.48 Å². The third-order valence-corrected chi connectivity index (χ3v) is 5.93. The predicted molar refractivity (Wildman–Crippen MR) is 112 cm³/mol. The number of pyridine rings is 1. The molecule has 32 heavy (non-hydrogen) atoms. The van der Waals surface area contributed by atoms with Crippen molar-refractivity contribution in [3.05, 3.63) is 71.7 Å². The first-order chi connectivity index (χ1) is 15.6. The highest BCUT2D eigenvalue weighted by molar-refractivity contribution is 5.90. The average molecular weight is 429 g/mol. The number of carbonyl (C=O) groups excluding carboxylic acids is 1. The normalized spacial score (nSPS) is 15.9. The molecular formula is C21H19N9O2. The molecular weight excluding hydrogens is 410 g/mol. The number of aromatic nitrogens is 8. The largest absolute Gasteiger partial charge is 0.412 e. The van der Waals surface area contributed by atoms with Crippen LogP contribution in [0.1, 0.15) is 39.5 Å². The summed E-state index contributed by atoms with van der Waals surface area (Å²) in [6, 6.07) is 7.33. The van der Waals surface area contributed by atoms with Crippen LogP contribution in [0.5, 0.6) is 0 Å². The van der Waals surface area contributed by atoms with Crippen LogP contribution in [0.25, 0.3) is 17.0 Å². The third-order valence-electron chi connectivity index (χ3n) is 5.93. The number of aryl methyl sites for hydroxylation is 1. The van der Waals surface area contributed by atoms with E-state index in [-0.39, 0.29) is 17.7 Å². The number of carbonyl (C=O) groups is 1. The molecule has 5 aromatic heterocycles. The minimum Gasteiger partial charge on any atom is -0.412 e. The maximum atomic E-state index is 13.5. The van der Waals surface area contributed by atoms with Gasteiger partial charge in [-0.1, -0.05) is 6.07 Å². The van der Waals surface area contributed by atoms with Crippen LogP contribution >= 0.6 is 0 Å². The molecule has 1 atom stereocenters. The molecule has 5 aromatic rings. The van der Waals surface area contributed by atoms with E-state index in [1.165, 1.54) is 0 Å². The first kappa shape index (κ1) is 18.5. The number of hydrogen-bond donors (Lipinski definition) is 1. The molecule has 1 aliphatic heterocycles. The van der Waals surface area contributed by atoms with Crippen molar-refractivity contribution in [2.24, 2.45) is 7.05 Å². The number of rotatable bonds is 3. The zero-order valence-electron chi connectivity index (χ0n) is 17.4. The molecule has 1 N–H and O–H groups in total. The molecule has 0 radical (unpaired) electrons. The zero-order chi connectivity index (χ0) is 21.8. The highest BCUT2D eigenvalue weighted by Gasteiger charge is 2.38. The summed E-state index contributed by atoms with van der Waals surface area (Å²) < 4.78 is 9.27. The molecule has 0 aliphatic carbocycles. The van der Waals surface area contributed by atoms with Gasteiger partial charge < -0.3 is 14.3 Å². The van der Waals surface area contributed by atoms with E-state index in [1.54, 1.807) is 26.6 Å². The van der Waals surface area contributed by atoms with Gasteiger partial charge in [0.15, 0.2) is 0 Å². The number of aromatic amines is 1. The van der Waals surface area contributed by atoms with E-state index < -0.39 is 6.04 Å². The topological polar surface area (TPSA) is 123 Å². The Balaban J connectivity index is 1.40. The van der Waals surface area contributed by atoms with Crippen molar-refractivity contribution in [3.63, 3.8) is 0 Å². The number of nitrogens with zero attached hydrogens (tertiary/aromatic N) is 8. The number of hydrogen-bond acceptors (Lipinski definition) is 7. The standard InChI is InChI=1S/C21H19N9O2/c1-12-14(10-24-28(12)2)19-25-26-20(32-19)21(31)29-8-6-15-17(23-11-22-15)18(29)16-9-13-5-3-4-7-30(13)27-16/h3-5,7,9-11,18H,6,8H2,1-2H3,(H,22,23)/t18-/m0/s1. The first-order valence-corrected chi connectivity index (χ1v) is 10.2. The van der Waals surface area contributed by atoms with Crippen LogP contribution in [-0.4, -0.2) is 56.9 Å². The highest BCUT2D eigenvalue weighted by atomic mass is 16.4. The van der Waals surface area contributed by atoms with E-state index in [0.717, 1.165) is 28.3 Å². The molecule has 11 nitrogen and oxygen atoms in total. The lowest BCUT2D eigenvalue weighted by atomic mass is 9.99. The van der Waals surface area contributed by atoms with E-state index in [1.807, 2.05) is 44.4 Å². The van der Waals surface area contributed by atoms with E-state index in [4.69, 9.17) is 9.52 Å². The molecule has 6 rings (SSSR count). The molecule has 1 aliphatic rings. The lowest BCUT2D eigenvalue weighted by molar-refractivity contribution is 0.0646. The van der Waals surface area contributed by atoms with E-state index in [2.05, 4.69) is 25.3 Å². The van der Waals surface area contributed by atoms with Crippen molar-refractivity contribution in [1.82, 2.24) is 44.5 Å². The molecule has 0 unspecified atom stereocenters. The van der Waals surface area contributed by atoms with E-state index >= 15 is 0 Å². The number of fused-ring (bicyclic) bond motifs is 2. The minimum absolute atomic E-state index is 0.0731. The highest BCUT2D eigenvalue weighted by Crippen LogP contribution is 2.34. The average Bonchev–Trinajstić information content (AvgIpc) is 3.59. The molecule has 0 spiro atoms. The molecule has 0 bridgehead atoms. The molecule has 0 fully saturated rings. The maximum Gasteiger partial charge on any atom is 0.312 e. The summed E-state index contributed by atoms with van der Waals surface area (Å²) >= 11 is 0.